The van der Waals surface area contributed by atoms with E-state index in [9.17, 15) is 0 Å². The standard InChI is InChI=1S/C45H27N3OS/c1-2-11-30(12-3-1)45-47-37(29-22-20-28(21-23-29)36-16-8-9-26-46-36)27-38(48-45)33-25-24-32(43-34-13-4-6-17-39(34)49-44(33)43)31-15-10-19-41-42(31)35-14-5-7-18-40(35)50-41/h1-27H. The van der Waals surface area contributed by atoms with Crippen molar-refractivity contribution in [3.8, 4) is 56.3 Å². The molecule has 0 saturated heterocycles. The van der Waals surface area contributed by atoms with Crippen LogP contribution in [0.25, 0.3) is 98.4 Å². The van der Waals surface area contributed by atoms with Gasteiger partial charge in [0, 0.05) is 59.4 Å². The summed E-state index contributed by atoms with van der Waals surface area (Å²) < 4.78 is 9.33. The zero-order valence-corrected chi connectivity index (χ0v) is 27.6. The molecule has 4 nitrogen and oxygen atoms in total. The number of fused-ring (bicyclic) bond motifs is 6. The molecule has 0 atom stereocenters. The van der Waals surface area contributed by atoms with E-state index in [1.807, 2.05) is 66.1 Å². The summed E-state index contributed by atoms with van der Waals surface area (Å²) in [6, 6.07) is 54.6. The molecule has 4 heterocycles. The summed E-state index contributed by atoms with van der Waals surface area (Å²) in [4.78, 5) is 14.8. The van der Waals surface area contributed by atoms with E-state index in [0.717, 1.165) is 66.8 Å². The Morgan fingerprint density at radius 1 is 0.440 bits per heavy atom. The lowest BCUT2D eigenvalue weighted by Crippen LogP contribution is -1.96. The predicted molar refractivity (Wildman–Crippen MR) is 207 cm³/mol. The van der Waals surface area contributed by atoms with Crippen LogP contribution in [0.5, 0.6) is 0 Å². The van der Waals surface area contributed by atoms with Crippen LogP contribution in [0.15, 0.2) is 168 Å². The number of pyridine rings is 1. The molecular weight excluding hydrogens is 631 g/mol. The monoisotopic (exact) mass is 657 g/mol. The molecule has 5 heteroatoms. The van der Waals surface area contributed by atoms with E-state index in [1.54, 1.807) is 0 Å². The van der Waals surface area contributed by atoms with Gasteiger partial charge in [-0.3, -0.25) is 4.98 Å². The first-order chi connectivity index (χ1) is 24.8. The molecule has 0 spiro atoms. The molecule has 0 saturated carbocycles. The first-order valence-corrected chi connectivity index (χ1v) is 17.4. The van der Waals surface area contributed by atoms with E-state index in [1.165, 1.54) is 25.7 Å². The SMILES string of the molecule is c1ccc(-c2nc(-c3ccc(-c4ccccn4)cc3)cc(-c3ccc(-c4cccc5sc6ccccc6c45)c4c3oc3ccccc34)n2)cc1. The lowest BCUT2D eigenvalue weighted by Gasteiger charge is -2.12. The first kappa shape index (κ1) is 28.6. The molecular formula is C45H27N3OS. The Morgan fingerprint density at radius 2 is 1.12 bits per heavy atom. The van der Waals surface area contributed by atoms with Gasteiger partial charge < -0.3 is 4.42 Å². The molecule has 0 amide bonds. The topological polar surface area (TPSA) is 51.8 Å². The number of benzene rings is 6. The molecule has 0 fully saturated rings. The summed E-state index contributed by atoms with van der Waals surface area (Å²) in [5.41, 5.74) is 10.5. The van der Waals surface area contributed by atoms with Gasteiger partial charge in [0.1, 0.15) is 11.2 Å². The highest BCUT2D eigenvalue weighted by atomic mass is 32.1. The quantitative estimate of drug-likeness (QED) is 0.185. The molecule has 6 aromatic carbocycles. The average molecular weight is 658 g/mol. The lowest BCUT2D eigenvalue weighted by atomic mass is 9.93. The average Bonchev–Trinajstić information content (AvgIpc) is 3.77. The van der Waals surface area contributed by atoms with E-state index in [2.05, 4.69) is 114 Å². The Balaban J connectivity index is 1.21. The van der Waals surface area contributed by atoms with Crippen LogP contribution in [0.2, 0.25) is 0 Å². The molecule has 0 radical (unpaired) electrons. The van der Waals surface area contributed by atoms with Crippen LogP contribution >= 0.6 is 11.3 Å². The van der Waals surface area contributed by atoms with Gasteiger partial charge in [-0.05, 0) is 53.6 Å². The second-order valence-electron chi connectivity index (χ2n) is 12.4. The van der Waals surface area contributed by atoms with Crippen molar-refractivity contribution in [1.29, 1.82) is 0 Å². The number of nitrogens with zero attached hydrogens (tertiary/aromatic N) is 3. The second kappa shape index (κ2) is 11.6. The van der Waals surface area contributed by atoms with Gasteiger partial charge in [-0.25, -0.2) is 9.97 Å². The maximum Gasteiger partial charge on any atom is 0.160 e. The highest BCUT2D eigenvalue weighted by molar-refractivity contribution is 7.25. The van der Waals surface area contributed by atoms with Crippen molar-refractivity contribution < 1.29 is 4.42 Å². The molecule has 0 aliphatic rings. The van der Waals surface area contributed by atoms with E-state index in [4.69, 9.17) is 14.4 Å². The van der Waals surface area contributed by atoms with Crippen molar-refractivity contribution in [3.63, 3.8) is 0 Å². The Morgan fingerprint density at radius 3 is 1.96 bits per heavy atom. The van der Waals surface area contributed by atoms with Gasteiger partial charge in [0.25, 0.3) is 0 Å². The second-order valence-corrected chi connectivity index (χ2v) is 13.4. The third kappa shape index (κ3) is 4.71. The molecule has 4 aromatic heterocycles. The van der Waals surface area contributed by atoms with Crippen molar-refractivity contribution in [3.05, 3.63) is 164 Å². The van der Waals surface area contributed by atoms with E-state index >= 15 is 0 Å². The first-order valence-electron chi connectivity index (χ1n) is 16.6. The largest absolute Gasteiger partial charge is 0.455 e. The fourth-order valence-electron chi connectivity index (χ4n) is 7.05. The van der Waals surface area contributed by atoms with Crippen LogP contribution in [-0.2, 0) is 0 Å². The molecule has 0 aliphatic heterocycles. The molecule has 0 bridgehead atoms. The molecule has 10 aromatic rings. The summed E-state index contributed by atoms with van der Waals surface area (Å²) >= 11 is 1.84. The van der Waals surface area contributed by atoms with Crippen molar-refractivity contribution in [2.45, 2.75) is 0 Å². The predicted octanol–water partition coefficient (Wildman–Crippen LogP) is 12.5. The van der Waals surface area contributed by atoms with E-state index in [-0.39, 0.29) is 0 Å². The smallest absolute Gasteiger partial charge is 0.160 e. The maximum atomic E-state index is 6.77. The van der Waals surface area contributed by atoms with Crippen LogP contribution < -0.4 is 0 Å². The maximum absolute atomic E-state index is 6.77. The summed E-state index contributed by atoms with van der Waals surface area (Å²) in [7, 11) is 0. The molecule has 50 heavy (non-hydrogen) atoms. The highest BCUT2D eigenvalue weighted by Gasteiger charge is 2.21. The third-order valence-corrected chi connectivity index (χ3v) is 10.5. The van der Waals surface area contributed by atoms with Crippen molar-refractivity contribution in [1.82, 2.24) is 15.0 Å². The van der Waals surface area contributed by atoms with Crippen LogP contribution in [0.1, 0.15) is 0 Å². The van der Waals surface area contributed by atoms with Gasteiger partial charge in [-0.15, -0.1) is 11.3 Å². The van der Waals surface area contributed by atoms with E-state index in [0.29, 0.717) is 5.82 Å². The van der Waals surface area contributed by atoms with Crippen LogP contribution in [0.3, 0.4) is 0 Å². The van der Waals surface area contributed by atoms with Gasteiger partial charge in [0.2, 0.25) is 0 Å². The normalized spacial score (nSPS) is 11.6. The van der Waals surface area contributed by atoms with Crippen molar-refractivity contribution in [2.75, 3.05) is 0 Å². The Labute approximate surface area is 292 Å². The molecule has 10 rings (SSSR count). The zero-order chi connectivity index (χ0) is 33.0. The molecule has 0 N–H and O–H groups in total. The van der Waals surface area contributed by atoms with Gasteiger partial charge in [0.05, 0.1) is 17.1 Å². The fraction of sp³-hybridized carbons (Fsp3) is 0. The van der Waals surface area contributed by atoms with E-state index < -0.39 is 0 Å². The molecule has 0 unspecified atom stereocenters. The minimum absolute atomic E-state index is 0.662. The number of rotatable bonds is 5. The van der Waals surface area contributed by atoms with Crippen molar-refractivity contribution >= 4 is 53.4 Å². The number of hydrogen-bond donors (Lipinski definition) is 0. The number of aromatic nitrogens is 3. The Kier molecular flexibility index (Phi) is 6.64. The molecule has 234 valence electrons. The summed E-state index contributed by atoms with van der Waals surface area (Å²) in [6.07, 6.45) is 1.82. The van der Waals surface area contributed by atoms with Gasteiger partial charge in [-0.2, -0.15) is 0 Å². The van der Waals surface area contributed by atoms with Crippen LogP contribution in [0, 0.1) is 0 Å². The summed E-state index contributed by atoms with van der Waals surface area (Å²) in [5, 5.41) is 4.72. The Bertz CT molecular complexity index is 2860. The minimum Gasteiger partial charge on any atom is -0.455 e. The number of thiophene rings is 1. The number of furan rings is 1. The van der Waals surface area contributed by atoms with Crippen LogP contribution in [0.4, 0.5) is 0 Å². The summed E-state index contributed by atoms with van der Waals surface area (Å²) in [6.45, 7) is 0. The lowest BCUT2D eigenvalue weighted by molar-refractivity contribution is 0.670. The zero-order valence-electron chi connectivity index (χ0n) is 26.7. The van der Waals surface area contributed by atoms with Gasteiger partial charge in [-0.1, -0.05) is 115 Å². The minimum atomic E-state index is 0.662. The fourth-order valence-corrected chi connectivity index (χ4v) is 8.18. The highest BCUT2D eigenvalue weighted by Crippen LogP contribution is 2.46. The number of para-hydroxylation sites is 1. The third-order valence-electron chi connectivity index (χ3n) is 9.39. The van der Waals surface area contributed by atoms with Gasteiger partial charge in [0.15, 0.2) is 5.82 Å². The molecule has 0 aliphatic carbocycles. The summed E-state index contributed by atoms with van der Waals surface area (Å²) in [5.74, 6) is 0.662. The van der Waals surface area contributed by atoms with Crippen molar-refractivity contribution in [2.24, 2.45) is 0 Å². The van der Waals surface area contributed by atoms with Gasteiger partial charge >= 0.3 is 0 Å². The Hall–Kier alpha value is -6.43. The number of hydrogen-bond acceptors (Lipinski definition) is 5. The van der Waals surface area contributed by atoms with Crippen LogP contribution in [-0.4, -0.2) is 15.0 Å².